The minimum atomic E-state index is -0.558. The Balaban J connectivity index is 1.62. The molecule has 0 spiro atoms. The molecule has 0 aliphatic carbocycles. The molecule has 2 aliphatic rings. The van der Waals surface area contributed by atoms with Gasteiger partial charge in [0.1, 0.15) is 6.04 Å². The number of fused-ring (bicyclic) bond motifs is 1. The minimum Gasteiger partial charge on any atom is -0.372 e. The van der Waals surface area contributed by atoms with E-state index in [0.29, 0.717) is 19.6 Å². The van der Waals surface area contributed by atoms with Crippen LogP contribution in [0.2, 0.25) is 0 Å². The highest BCUT2D eigenvalue weighted by Crippen LogP contribution is 2.27. The van der Waals surface area contributed by atoms with Crippen LogP contribution in [0.25, 0.3) is 0 Å². The van der Waals surface area contributed by atoms with Crippen LogP contribution in [-0.4, -0.2) is 54.7 Å². The van der Waals surface area contributed by atoms with Gasteiger partial charge in [0.05, 0.1) is 12.2 Å². The molecule has 2 aliphatic heterocycles. The summed E-state index contributed by atoms with van der Waals surface area (Å²) in [5.74, 6) is -0.0670. The Morgan fingerprint density at radius 2 is 1.88 bits per heavy atom. The van der Waals surface area contributed by atoms with E-state index in [4.69, 9.17) is 4.74 Å². The third kappa shape index (κ3) is 3.38. The van der Waals surface area contributed by atoms with Crippen LogP contribution in [0.15, 0.2) is 24.3 Å². The summed E-state index contributed by atoms with van der Waals surface area (Å²) in [5.41, 5.74) is 2.14. The SMILES string of the molecule is CC1CN(C(=O)NC(C)C(=O)N2CCc3ccccc32)CC(C)O1. The molecule has 24 heavy (non-hydrogen) atoms. The number of anilines is 1. The minimum absolute atomic E-state index is 0.0102. The molecule has 130 valence electrons. The molecule has 1 aromatic rings. The second-order valence-corrected chi connectivity index (χ2v) is 6.70. The van der Waals surface area contributed by atoms with Crippen molar-refractivity contribution in [2.24, 2.45) is 0 Å². The Hall–Kier alpha value is -2.08. The number of urea groups is 1. The molecule has 1 N–H and O–H groups in total. The van der Waals surface area contributed by atoms with Gasteiger partial charge < -0.3 is 19.9 Å². The summed E-state index contributed by atoms with van der Waals surface area (Å²) in [4.78, 5) is 28.7. The van der Waals surface area contributed by atoms with Crippen LogP contribution in [-0.2, 0) is 16.0 Å². The predicted molar refractivity (Wildman–Crippen MR) is 92.1 cm³/mol. The summed E-state index contributed by atoms with van der Waals surface area (Å²) in [6, 6.07) is 7.16. The number of amides is 3. The molecule has 1 fully saturated rings. The molecule has 0 saturated carbocycles. The lowest BCUT2D eigenvalue weighted by molar-refractivity contribution is -0.120. The van der Waals surface area contributed by atoms with Gasteiger partial charge >= 0.3 is 6.03 Å². The van der Waals surface area contributed by atoms with Gasteiger partial charge in [-0.3, -0.25) is 4.79 Å². The number of benzene rings is 1. The maximum atomic E-state index is 12.7. The van der Waals surface area contributed by atoms with Gasteiger partial charge in [-0.2, -0.15) is 0 Å². The largest absolute Gasteiger partial charge is 0.372 e. The first kappa shape index (κ1) is 16.8. The summed E-state index contributed by atoms with van der Waals surface area (Å²) in [5, 5.41) is 2.84. The van der Waals surface area contributed by atoms with E-state index in [0.717, 1.165) is 12.1 Å². The topological polar surface area (TPSA) is 61.9 Å². The standard InChI is InChI=1S/C18H25N3O3/c1-12-10-20(11-13(2)24-12)18(23)19-14(3)17(22)21-9-8-15-6-4-5-7-16(15)21/h4-7,12-14H,8-11H2,1-3H3,(H,19,23). The van der Waals surface area contributed by atoms with Gasteiger partial charge in [0, 0.05) is 25.3 Å². The van der Waals surface area contributed by atoms with E-state index in [9.17, 15) is 9.59 Å². The van der Waals surface area contributed by atoms with Crippen molar-refractivity contribution in [3.05, 3.63) is 29.8 Å². The van der Waals surface area contributed by atoms with Crippen LogP contribution < -0.4 is 10.2 Å². The quantitative estimate of drug-likeness (QED) is 0.899. The summed E-state index contributed by atoms with van der Waals surface area (Å²) in [6.45, 7) is 7.41. The number of nitrogens with zero attached hydrogens (tertiary/aromatic N) is 2. The van der Waals surface area contributed by atoms with Crippen molar-refractivity contribution >= 4 is 17.6 Å². The van der Waals surface area contributed by atoms with Crippen molar-refractivity contribution in [3.63, 3.8) is 0 Å². The zero-order chi connectivity index (χ0) is 17.3. The first-order valence-electron chi connectivity index (χ1n) is 8.56. The van der Waals surface area contributed by atoms with Crippen LogP contribution in [0.4, 0.5) is 10.5 Å². The van der Waals surface area contributed by atoms with Gasteiger partial charge in [-0.05, 0) is 38.8 Å². The zero-order valence-corrected chi connectivity index (χ0v) is 14.5. The average molecular weight is 331 g/mol. The van der Waals surface area contributed by atoms with Gasteiger partial charge in [-0.25, -0.2) is 4.79 Å². The van der Waals surface area contributed by atoms with Gasteiger partial charge in [0.2, 0.25) is 5.91 Å². The van der Waals surface area contributed by atoms with Crippen molar-refractivity contribution in [3.8, 4) is 0 Å². The Morgan fingerprint density at radius 3 is 2.58 bits per heavy atom. The number of morpholine rings is 1. The number of para-hydroxylation sites is 1. The Morgan fingerprint density at radius 1 is 1.21 bits per heavy atom. The molecule has 6 heteroatoms. The highest BCUT2D eigenvalue weighted by molar-refractivity contribution is 6.00. The fourth-order valence-corrected chi connectivity index (χ4v) is 3.48. The first-order chi connectivity index (χ1) is 11.5. The molecule has 3 rings (SSSR count). The molecule has 2 heterocycles. The maximum Gasteiger partial charge on any atom is 0.318 e. The summed E-state index contributed by atoms with van der Waals surface area (Å²) >= 11 is 0. The van der Waals surface area contributed by atoms with Crippen molar-refractivity contribution in [2.75, 3.05) is 24.5 Å². The van der Waals surface area contributed by atoms with E-state index in [1.807, 2.05) is 38.1 Å². The van der Waals surface area contributed by atoms with E-state index in [2.05, 4.69) is 5.32 Å². The highest BCUT2D eigenvalue weighted by atomic mass is 16.5. The first-order valence-corrected chi connectivity index (χ1v) is 8.56. The molecule has 3 amide bonds. The molecule has 1 aromatic carbocycles. The Bertz CT molecular complexity index is 624. The fraction of sp³-hybridized carbons (Fsp3) is 0.556. The van der Waals surface area contributed by atoms with Crippen LogP contribution >= 0.6 is 0 Å². The predicted octanol–water partition coefficient (Wildman–Crippen LogP) is 1.78. The molecule has 0 bridgehead atoms. The van der Waals surface area contributed by atoms with E-state index in [1.54, 1.807) is 16.7 Å². The van der Waals surface area contributed by atoms with E-state index < -0.39 is 6.04 Å². The number of ether oxygens (including phenoxy) is 1. The van der Waals surface area contributed by atoms with Gasteiger partial charge in [-0.15, -0.1) is 0 Å². The van der Waals surface area contributed by atoms with Crippen LogP contribution in [0.3, 0.4) is 0 Å². The van der Waals surface area contributed by atoms with Crippen LogP contribution in [0.1, 0.15) is 26.3 Å². The van der Waals surface area contributed by atoms with Crippen LogP contribution in [0.5, 0.6) is 0 Å². The lowest BCUT2D eigenvalue weighted by Gasteiger charge is -2.36. The average Bonchev–Trinajstić information content (AvgIpc) is 2.97. The van der Waals surface area contributed by atoms with Crippen LogP contribution in [0, 0.1) is 0 Å². The van der Waals surface area contributed by atoms with Crippen molar-refractivity contribution in [1.29, 1.82) is 0 Å². The zero-order valence-electron chi connectivity index (χ0n) is 14.5. The van der Waals surface area contributed by atoms with Crippen molar-refractivity contribution < 1.29 is 14.3 Å². The summed E-state index contributed by atoms with van der Waals surface area (Å²) < 4.78 is 5.64. The lowest BCUT2D eigenvalue weighted by Crippen LogP contribution is -2.55. The number of carbonyl (C=O) groups is 2. The maximum absolute atomic E-state index is 12.7. The lowest BCUT2D eigenvalue weighted by atomic mass is 10.2. The second kappa shape index (κ2) is 6.81. The van der Waals surface area contributed by atoms with Crippen molar-refractivity contribution in [2.45, 2.75) is 45.4 Å². The van der Waals surface area contributed by atoms with E-state index >= 15 is 0 Å². The van der Waals surface area contributed by atoms with E-state index in [1.165, 1.54) is 5.56 Å². The number of hydrogen-bond donors (Lipinski definition) is 1. The Kier molecular flexibility index (Phi) is 4.76. The number of hydrogen-bond acceptors (Lipinski definition) is 3. The highest BCUT2D eigenvalue weighted by Gasteiger charge is 2.31. The normalized spacial score (nSPS) is 24.5. The Labute approximate surface area is 142 Å². The van der Waals surface area contributed by atoms with Gasteiger partial charge in [0.25, 0.3) is 0 Å². The number of rotatable bonds is 2. The van der Waals surface area contributed by atoms with E-state index in [-0.39, 0.29) is 24.1 Å². The number of nitrogens with one attached hydrogen (secondary N) is 1. The molecular formula is C18H25N3O3. The van der Waals surface area contributed by atoms with Gasteiger partial charge in [-0.1, -0.05) is 18.2 Å². The molecule has 0 aromatic heterocycles. The second-order valence-electron chi connectivity index (χ2n) is 6.70. The number of carbonyl (C=O) groups excluding carboxylic acids is 2. The fourth-order valence-electron chi connectivity index (χ4n) is 3.48. The third-order valence-electron chi connectivity index (χ3n) is 4.57. The molecule has 0 radical (unpaired) electrons. The molecule has 1 saturated heterocycles. The summed E-state index contributed by atoms with van der Waals surface area (Å²) in [6.07, 6.45) is 0.882. The molecule has 3 atom stereocenters. The van der Waals surface area contributed by atoms with Crippen molar-refractivity contribution in [1.82, 2.24) is 10.2 Å². The molecular weight excluding hydrogens is 306 g/mol. The molecule has 6 nitrogen and oxygen atoms in total. The van der Waals surface area contributed by atoms with Gasteiger partial charge in [0.15, 0.2) is 0 Å². The smallest absolute Gasteiger partial charge is 0.318 e. The summed E-state index contributed by atoms with van der Waals surface area (Å²) in [7, 11) is 0. The monoisotopic (exact) mass is 331 g/mol. The molecule has 3 unspecified atom stereocenters. The third-order valence-corrected chi connectivity index (χ3v) is 4.57.